The van der Waals surface area contributed by atoms with Gasteiger partial charge in [-0.25, -0.2) is 0 Å². The number of fused-ring (bicyclic) bond motifs is 2. The largest absolute Gasteiger partial charge is 0.492 e. The van der Waals surface area contributed by atoms with Crippen molar-refractivity contribution in [2.24, 2.45) is 17.3 Å². The number of aliphatic carboxylic acids is 1. The molecule has 0 aromatic heterocycles. The number of carbonyl (C=O) groups excluding carboxylic acids is 2. The van der Waals surface area contributed by atoms with Crippen LogP contribution in [0.15, 0.2) is 64.1 Å². The Kier molecular flexibility index (Phi) is 7.33. The molecule has 10 heteroatoms. The SMILES string of the molecule is CC(C)(COc1ccc(Br)cc1[C@H]1NC(=O)C[C@@H](C2C=C(Cl)C=CC2)[C@]12C(=O)Nc1cc(Cl)ccc12)C(=O)O. The van der Waals surface area contributed by atoms with Gasteiger partial charge >= 0.3 is 5.97 Å². The fraction of sp³-hybridized carbons (Fsp3) is 0.345. The Morgan fingerprint density at radius 3 is 2.69 bits per heavy atom. The summed E-state index contributed by atoms with van der Waals surface area (Å²) in [5, 5.41) is 16.8. The van der Waals surface area contributed by atoms with Crippen molar-refractivity contribution in [3.05, 3.63) is 80.3 Å². The number of carboxylic acids is 1. The molecule has 7 nitrogen and oxygen atoms in total. The maximum absolute atomic E-state index is 14.2. The lowest BCUT2D eigenvalue weighted by Crippen LogP contribution is -2.59. The smallest absolute Gasteiger partial charge is 0.312 e. The number of carboxylic acid groups (broad SMARTS) is 1. The number of hydrogen-bond donors (Lipinski definition) is 3. The normalized spacial score (nSPS) is 26.1. The summed E-state index contributed by atoms with van der Waals surface area (Å²) in [5.41, 5.74) is -0.515. The number of carbonyl (C=O) groups is 3. The van der Waals surface area contributed by atoms with E-state index in [2.05, 4.69) is 26.6 Å². The van der Waals surface area contributed by atoms with E-state index in [9.17, 15) is 19.5 Å². The van der Waals surface area contributed by atoms with Crippen LogP contribution in [-0.4, -0.2) is 29.5 Å². The average molecular weight is 634 g/mol. The molecule has 1 saturated heterocycles. The summed E-state index contributed by atoms with van der Waals surface area (Å²) >= 11 is 16.2. The van der Waals surface area contributed by atoms with E-state index in [0.29, 0.717) is 37.9 Å². The summed E-state index contributed by atoms with van der Waals surface area (Å²) in [4.78, 5) is 39.3. The van der Waals surface area contributed by atoms with Gasteiger partial charge in [-0.05, 0) is 74.1 Å². The second-order valence-electron chi connectivity index (χ2n) is 10.8. The van der Waals surface area contributed by atoms with E-state index < -0.39 is 28.8 Å². The molecule has 3 aliphatic rings. The van der Waals surface area contributed by atoms with E-state index in [4.69, 9.17) is 27.9 Å². The predicted octanol–water partition coefficient (Wildman–Crippen LogP) is 6.36. The first-order valence-corrected chi connectivity index (χ1v) is 14.1. The summed E-state index contributed by atoms with van der Waals surface area (Å²) < 4.78 is 6.81. The standard InChI is InChI=1S/C29H27BrCl2N2O5/c1-28(2,27(37)38)14-39-23-9-6-16(30)11-19(23)25-29(20-8-7-18(32)12-22(20)33-26(29)36)21(13-24(35)34-25)15-4-3-5-17(31)10-15/h3,5-12,15,21,25H,4,13-14H2,1-2H3,(H,33,36)(H,34,35)(H,37,38)/t15?,21-,25+,29-/m0/s1. The van der Waals surface area contributed by atoms with Crippen molar-refractivity contribution >= 4 is 62.6 Å². The summed E-state index contributed by atoms with van der Waals surface area (Å²) in [6, 6.07) is 9.76. The van der Waals surface area contributed by atoms with Crippen LogP contribution >= 0.6 is 39.1 Å². The monoisotopic (exact) mass is 632 g/mol. The summed E-state index contributed by atoms with van der Waals surface area (Å²) in [7, 11) is 0. The Bertz CT molecular complexity index is 1440. The number of amides is 2. The first kappa shape index (κ1) is 27.7. The van der Waals surface area contributed by atoms with Crippen molar-refractivity contribution in [1.29, 1.82) is 0 Å². The van der Waals surface area contributed by atoms with Crippen LogP contribution in [0.25, 0.3) is 0 Å². The Morgan fingerprint density at radius 1 is 1.21 bits per heavy atom. The molecule has 0 bridgehead atoms. The molecule has 2 heterocycles. The highest BCUT2D eigenvalue weighted by molar-refractivity contribution is 9.10. The Labute approximate surface area is 244 Å². The number of halogens is 3. The third-order valence-corrected chi connectivity index (χ3v) is 8.81. The molecule has 4 atom stereocenters. The van der Waals surface area contributed by atoms with E-state index in [1.165, 1.54) is 0 Å². The van der Waals surface area contributed by atoms with Crippen LogP contribution in [0.2, 0.25) is 5.02 Å². The highest BCUT2D eigenvalue weighted by Gasteiger charge is 2.62. The van der Waals surface area contributed by atoms with E-state index in [1.54, 1.807) is 38.1 Å². The topological polar surface area (TPSA) is 105 Å². The number of anilines is 1. The lowest BCUT2D eigenvalue weighted by atomic mass is 9.57. The van der Waals surface area contributed by atoms with Crippen molar-refractivity contribution < 1.29 is 24.2 Å². The third-order valence-electron chi connectivity index (χ3n) is 7.83. The molecule has 1 spiro atoms. The van der Waals surface area contributed by atoms with Crippen LogP contribution in [0.4, 0.5) is 5.69 Å². The number of benzene rings is 2. The van der Waals surface area contributed by atoms with Crippen LogP contribution in [0.3, 0.4) is 0 Å². The molecular weight excluding hydrogens is 607 g/mol. The second-order valence-corrected chi connectivity index (χ2v) is 12.6. The van der Waals surface area contributed by atoms with Gasteiger partial charge in [0.25, 0.3) is 0 Å². The van der Waals surface area contributed by atoms with Gasteiger partial charge < -0.3 is 20.5 Å². The van der Waals surface area contributed by atoms with Gasteiger partial charge in [-0.15, -0.1) is 0 Å². The fourth-order valence-corrected chi connectivity index (χ4v) is 6.65. The van der Waals surface area contributed by atoms with Gasteiger partial charge in [0.2, 0.25) is 11.8 Å². The second kappa shape index (κ2) is 10.3. The van der Waals surface area contributed by atoms with Crippen LogP contribution < -0.4 is 15.4 Å². The molecule has 1 aliphatic carbocycles. The molecule has 5 rings (SSSR count). The first-order chi connectivity index (χ1) is 18.4. The molecule has 3 N–H and O–H groups in total. The minimum atomic E-state index is -1.22. The number of ether oxygens (including phenoxy) is 1. The Balaban J connectivity index is 1.71. The molecule has 2 aromatic rings. The number of nitrogens with one attached hydrogen (secondary N) is 2. The van der Waals surface area contributed by atoms with Crippen LogP contribution in [0.1, 0.15) is 43.9 Å². The Morgan fingerprint density at radius 2 is 1.97 bits per heavy atom. The molecule has 0 radical (unpaired) electrons. The zero-order valence-corrected chi connectivity index (χ0v) is 24.4. The summed E-state index contributed by atoms with van der Waals surface area (Å²) in [5.74, 6) is -1.72. The van der Waals surface area contributed by atoms with E-state index >= 15 is 0 Å². The summed E-state index contributed by atoms with van der Waals surface area (Å²) in [6.45, 7) is 3.04. The van der Waals surface area contributed by atoms with Gasteiger partial charge in [-0.2, -0.15) is 0 Å². The molecule has 39 heavy (non-hydrogen) atoms. The van der Waals surface area contributed by atoms with Crippen molar-refractivity contribution in [3.63, 3.8) is 0 Å². The average Bonchev–Trinajstić information content (AvgIpc) is 3.15. The molecule has 2 amide bonds. The van der Waals surface area contributed by atoms with E-state index in [1.807, 2.05) is 30.4 Å². The van der Waals surface area contributed by atoms with Gasteiger partial charge in [0, 0.05) is 32.2 Å². The lowest BCUT2D eigenvalue weighted by molar-refractivity contribution is -0.148. The molecule has 1 fully saturated rings. The van der Waals surface area contributed by atoms with Crippen molar-refractivity contribution in [2.45, 2.75) is 38.1 Å². The van der Waals surface area contributed by atoms with Crippen LogP contribution in [-0.2, 0) is 19.8 Å². The van der Waals surface area contributed by atoms with Gasteiger partial charge in [0.05, 0.1) is 11.5 Å². The maximum Gasteiger partial charge on any atom is 0.312 e. The predicted molar refractivity (Wildman–Crippen MR) is 153 cm³/mol. The van der Waals surface area contributed by atoms with E-state index in [-0.39, 0.29) is 30.8 Å². The molecule has 2 aliphatic heterocycles. The van der Waals surface area contributed by atoms with Gasteiger partial charge in [0.15, 0.2) is 0 Å². The zero-order chi connectivity index (χ0) is 28.1. The quantitative estimate of drug-likeness (QED) is 0.343. The number of piperidine rings is 1. The fourth-order valence-electron chi connectivity index (χ4n) is 5.85. The highest BCUT2D eigenvalue weighted by Crippen LogP contribution is 2.58. The van der Waals surface area contributed by atoms with Crippen molar-refractivity contribution in [2.75, 3.05) is 11.9 Å². The lowest BCUT2D eigenvalue weighted by Gasteiger charge is -2.49. The van der Waals surface area contributed by atoms with Crippen molar-refractivity contribution in [3.8, 4) is 5.75 Å². The molecule has 2 aromatic carbocycles. The first-order valence-electron chi connectivity index (χ1n) is 12.5. The minimum Gasteiger partial charge on any atom is -0.492 e. The van der Waals surface area contributed by atoms with Crippen LogP contribution in [0, 0.1) is 17.3 Å². The highest BCUT2D eigenvalue weighted by atomic mass is 79.9. The number of allylic oxidation sites excluding steroid dienone is 4. The molecule has 204 valence electrons. The number of hydrogen-bond acceptors (Lipinski definition) is 4. The van der Waals surface area contributed by atoms with Crippen molar-refractivity contribution in [1.82, 2.24) is 5.32 Å². The molecule has 1 unspecified atom stereocenters. The summed E-state index contributed by atoms with van der Waals surface area (Å²) in [6.07, 6.45) is 6.42. The zero-order valence-electron chi connectivity index (χ0n) is 21.3. The van der Waals surface area contributed by atoms with Gasteiger partial charge in [-0.3, -0.25) is 14.4 Å². The number of rotatable bonds is 6. The third kappa shape index (κ3) is 4.87. The van der Waals surface area contributed by atoms with Crippen LogP contribution in [0.5, 0.6) is 5.75 Å². The minimum absolute atomic E-state index is 0.113. The van der Waals surface area contributed by atoms with E-state index in [0.717, 1.165) is 5.56 Å². The maximum atomic E-state index is 14.2. The van der Waals surface area contributed by atoms with Gasteiger partial charge in [0.1, 0.15) is 17.8 Å². The Hall–Kier alpha value is -2.81. The molecule has 0 saturated carbocycles. The molecular formula is C29H27BrCl2N2O5. The van der Waals surface area contributed by atoms with Gasteiger partial charge in [-0.1, -0.05) is 57.4 Å².